The first kappa shape index (κ1) is 13.3. The van der Waals surface area contributed by atoms with Gasteiger partial charge in [-0.2, -0.15) is 0 Å². The third-order valence-corrected chi connectivity index (χ3v) is 3.63. The monoisotopic (exact) mass is 254 g/mol. The minimum Gasteiger partial charge on any atom is -0.376 e. The van der Waals surface area contributed by atoms with Crippen LogP contribution in [0.5, 0.6) is 0 Å². The van der Waals surface area contributed by atoms with Gasteiger partial charge in [0.15, 0.2) is 0 Å². The largest absolute Gasteiger partial charge is 0.376 e. The van der Waals surface area contributed by atoms with E-state index in [2.05, 4.69) is 5.32 Å². The molecule has 0 spiro atoms. The van der Waals surface area contributed by atoms with E-state index in [0.717, 1.165) is 12.8 Å². The second kappa shape index (κ2) is 5.26. The second-order valence-corrected chi connectivity index (χ2v) is 5.68. The Morgan fingerprint density at radius 1 is 1.33 bits per heavy atom. The smallest absolute Gasteiger partial charge is 0.248 e. The lowest BCUT2D eigenvalue weighted by atomic mass is 10.0. The number of ether oxygens (including phenoxy) is 1. The molecule has 1 aliphatic heterocycles. The maximum Gasteiger partial charge on any atom is 0.248 e. The molecule has 2 amide bonds. The molecule has 0 aromatic rings. The van der Waals surface area contributed by atoms with Crippen LogP contribution in [0.25, 0.3) is 0 Å². The normalized spacial score (nSPS) is 24.4. The molecule has 1 saturated carbocycles. The third kappa shape index (κ3) is 3.02. The van der Waals surface area contributed by atoms with Crippen LogP contribution in [-0.2, 0) is 14.3 Å². The number of nitrogens with zero attached hydrogens (tertiary/aromatic N) is 1. The van der Waals surface area contributed by atoms with Gasteiger partial charge in [0.05, 0.1) is 19.3 Å². The average molecular weight is 254 g/mol. The SMILES string of the molecule is CC1(C)NC(=O)CN(CCOC2CCCC2)C1=O. The standard InChI is InChI=1S/C13H22N2O3/c1-13(2)12(17)15(9-11(16)14-13)7-8-18-10-5-3-4-6-10/h10H,3-9H2,1-2H3,(H,14,16). The van der Waals surface area contributed by atoms with E-state index < -0.39 is 5.54 Å². The van der Waals surface area contributed by atoms with Crippen molar-refractivity contribution in [1.29, 1.82) is 0 Å². The van der Waals surface area contributed by atoms with Gasteiger partial charge in [0, 0.05) is 6.54 Å². The fraction of sp³-hybridized carbons (Fsp3) is 0.846. The molecule has 5 nitrogen and oxygen atoms in total. The van der Waals surface area contributed by atoms with E-state index in [-0.39, 0.29) is 18.4 Å². The van der Waals surface area contributed by atoms with Crippen LogP contribution >= 0.6 is 0 Å². The van der Waals surface area contributed by atoms with Gasteiger partial charge in [0.1, 0.15) is 5.54 Å². The number of carbonyl (C=O) groups excluding carboxylic acids is 2. The first-order valence-corrected chi connectivity index (χ1v) is 6.71. The molecule has 0 aromatic carbocycles. The number of hydrogen-bond donors (Lipinski definition) is 1. The summed E-state index contributed by atoms with van der Waals surface area (Å²) in [7, 11) is 0. The van der Waals surface area contributed by atoms with Crippen molar-refractivity contribution in [2.24, 2.45) is 0 Å². The molecule has 2 aliphatic rings. The van der Waals surface area contributed by atoms with E-state index in [0.29, 0.717) is 19.3 Å². The van der Waals surface area contributed by atoms with Crippen molar-refractivity contribution in [2.75, 3.05) is 19.7 Å². The molecule has 18 heavy (non-hydrogen) atoms. The van der Waals surface area contributed by atoms with E-state index in [9.17, 15) is 9.59 Å². The third-order valence-electron chi connectivity index (χ3n) is 3.63. The molecule has 0 atom stereocenters. The summed E-state index contributed by atoms with van der Waals surface area (Å²) in [5.74, 6) is -0.127. The fourth-order valence-electron chi connectivity index (χ4n) is 2.65. The summed E-state index contributed by atoms with van der Waals surface area (Å²) in [5.41, 5.74) is -0.789. The van der Waals surface area contributed by atoms with Crippen LogP contribution in [0.1, 0.15) is 39.5 Å². The maximum atomic E-state index is 12.1. The molecule has 102 valence electrons. The molecule has 1 heterocycles. The Morgan fingerprint density at radius 2 is 2.00 bits per heavy atom. The molecule has 1 N–H and O–H groups in total. The minimum absolute atomic E-state index is 0.0304. The van der Waals surface area contributed by atoms with Crippen LogP contribution in [0, 0.1) is 0 Å². The molecule has 0 bridgehead atoms. The molecule has 0 unspecified atom stereocenters. The van der Waals surface area contributed by atoms with Crippen LogP contribution in [0.15, 0.2) is 0 Å². The summed E-state index contributed by atoms with van der Waals surface area (Å²) < 4.78 is 5.73. The van der Waals surface area contributed by atoms with Crippen LogP contribution in [0.4, 0.5) is 0 Å². The van der Waals surface area contributed by atoms with E-state index in [1.54, 1.807) is 18.7 Å². The number of piperazine rings is 1. The van der Waals surface area contributed by atoms with Crippen molar-refractivity contribution in [3.8, 4) is 0 Å². The first-order chi connectivity index (χ1) is 8.49. The van der Waals surface area contributed by atoms with E-state index >= 15 is 0 Å². The molecule has 2 fully saturated rings. The second-order valence-electron chi connectivity index (χ2n) is 5.68. The molecule has 1 aliphatic carbocycles. The van der Waals surface area contributed by atoms with Crippen molar-refractivity contribution < 1.29 is 14.3 Å². The van der Waals surface area contributed by atoms with Crippen molar-refractivity contribution >= 4 is 11.8 Å². The molecule has 0 aromatic heterocycles. The quantitative estimate of drug-likeness (QED) is 0.802. The van der Waals surface area contributed by atoms with Crippen LogP contribution in [0.3, 0.4) is 0 Å². The molecule has 5 heteroatoms. The zero-order chi connectivity index (χ0) is 13.2. The number of rotatable bonds is 4. The van der Waals surface area contributed by atoms with E-state index in [4.69, 9.17) is 4.74 Å². The molecule has 0 radical (unpaired) electrons. The van der Waals surface area contributed by atoms with Gasteiger partial charge < -0.3 is 15.0 Å². The number of nitrogens with one attached hydrogen (secondary N) is 1. The van der Waals surface area contributed by atoms with Crippen LogP contribution in [-0.4, -0.2) is 48.1 Å². The highest BCUT2D eigenvalue weighted by atomic mass is 16.5. The van der Waals surface area contributed by atoms with Crippen LogP contribution in [0.2, 0.25) is 0 Å². The number of hydrogen-bond acceptors (Lipinski definition) is 3. The first-order valence-electron chi connectivity index (χ1n) is 6.71. The molecule has 1 saturated heterocycles. The van der Waals surface area contributed by atoms with Gasteiger partial charge in [-0.1, -0.05) is 12.8 Å². The Bertz CT molecular complexity index is 335. The van der Waals surface area contributed by atoms with E-state index in [1.165, 1.54) is 12.8 Å². The zero-order valence-corrected chi connectivity index (χ0v) is 11.2. The number of amides is 2. The van der Waals surface area contributed by atoms with Gasteiger partial charge in [-0.05, 0) is 26.7 Å². The zero-order valence-electron chi connectivity index (χ0n) is 11.2. The predicted molar refractivity (Wildman–Crippen MR) is 67.0 cm³/mol. The lowest BCUT2D eigenvalue weighted by molar-refractivity contribution is -0.149. The summed E-state index contributed by atoms with van der Waals surface area (Å²) in [4.78, 5) is 25.2. The van der Waals surface area contributed by atoms with Gasteiger partial charge in [0.25, 0.3) is 0 Å². The summed E-state index contributed by atoms with van der Waals surface area (Å²) >= 11 is 0. The lowest BCUT2D eigenvalue weighted by Crippen LogP contribution is -2.64. The summed E-state index contributed by atoms with van der Waals surface area (Å²) in [6.07, 6.45) is 5.08. The molecular weight excluding hydrogens is 232 g/mol. The van der Waals surface area contributed by atoms with Crippen molar-refractivity contribution in [3.63, 3.8) is 0 Å². The van der Waals surface area contributed by atoms with Crippen molar-refractivity contribution in [3.05, 3.63) is 0 Å². The van der Waals surface area contributed by atoms with Gasteiger partial charge in [0.2, 0.25) is 11.8 Å². The Hall–Kier alpha value is -1.10. The van der Waals surface area contributed by atoms with Crippen molar-refractivity contribution in [1.82, 2.24) is 10.2 Å². The minimum atomic E-state index is -0.789. The highest BCUT2D eigenvalue weighted by molar-refractivity contribution is 5.97. The average Bonchev–Trinajstić information content (AvgIpc) is 2.77. The highest BCUT2D eigenvalue weighted by Gasteiger charge is 2.38. The Balaban J connectivity index is 1.80. The Morgan fingerprint density at radius 3 is 2.67 bits per heavy atom. The predicted octanol–water partition coefficient (Wildman–Crippen LogP) is 0.683. The summed E-state index contributed by atoms with van der Waals surface area (Å²) in [6.45, 7) is 4.65. The Kier molecular flexibility index (Phi) is 3.90. The summed E-state index contributed by atoms with van der Waals surface area (Å²) in [6, 6.07) is 0. The lowest BCUT2D eigenvalue weighted by Gasteiger charge is -2.37. The molecular formula is C13H22N2O3. The maximum absolute atomic E-state index is 12.1. The Labute approximate surface area is 108 Å². The summed E-state index contributed by atoms with van der Waals surface area (Å²) in [5, 5.41) is 2.70. The van der Waals surface area contributed by atoms with Gasteiger partial charge >= 0.3 is 0 Å². The van der Waals surface area contributed by atoms with E-state index in [1.807, 2.05) is 0 Å². The highest BCUT2D eigenvalue weighted by Crippen LogP contribution is 2.21. The van der Waals surface area contributed by atoms with Gasteiger partial charge in [-0.25, -0.2) is 0 Å². The van der Waals surface area contributed by atoms with Crippen LogP contribution < -0.4 is 5.32 Å². The van der Waals surface area contributed by atoms with Gasteiger partial charge in [-0.15, -0.1) is 0 Å². The molecule has 2 rings (SSSR count). The van der Waals surface area contributed by atoms with Gasteiger partial charge in [-0.3, -0.25) is 9.59 Å². The number of carbonyl (C=O) groups is 2. The fourth-order valence-corrected chi connectivity index (χ4v) is 2.65. The van der Waals surface area contributed by atoms with Crippen molar-refractivity contribution in [2.45, 2.75) is 51.2 Å². The topological polar surface area (TPSA) is 58.6 Å².